The van der Waals surface area contributed by atoms with Gasteiger partial charge in [0.25, 0.3) is 0 Å². The molecule has 0 saturated carbocycles. The van der Waals surface area contributed by atoms with Crippen molar-refractivity contribution in [3.63, 3.8) is 0 Å². The molecule has 2 atom stereocenters. The molecule has 13 heavy (non-hydrogen) atoms. The van der Waals surface area contributed by atoms with Gasteiger partial charge in [0.15, 0.2) is 0 Å². The van der Waals surface area contributed by atoms with E-state index < -0.39 is 0 Å². The van der Waals surface area contributed by atoms with E-state index in [2.05, 4.69) is 18.4 Å². The monoisotopic (exact) mass is 205 g/mol. The minimum absolute atomic E-state index is 0.0674. The molecule has 2 unspecified atom stereocenters. The molecule has 76 valence electrons. The number of nitrogens with zero attached hydrogens (tertiary/aromatic N) is 1. The summed E-state index contributed by atoms with van der Waals surface area (Å²) < 4.78 is 5.39. The molecule has 1 heterocycles. The molecular formula is C9H16ClNO2. The molecule has 1 N–H and O–H groups in total. The van der Waals surface area contributed by atoms with E-state index in [9.17, 15) is 0 Å². The minimum atomic E-state index is -0.0767. The van der Waals surface area contributed by atoms with Crippen molar-refractivity contribution in [3.05, 3.63) is 11.6 Å². The highest BCUT2D eigenvalue weighted by Crippen LogP contribution is 2.13. The number of hydrogen-bond donors (Lipinski definition) is 1. The van der Waals surface area contributed by atoms with Crippen molar-refractivity contribution in [1.29, 1.82) is 0 Å². The normalized spacial score (nSPS) is 30.4. The largest absolute Gasteiger partial charge is 0.394 e. The number of morpholine rings is 1. The lowest BCUT2D eigenvalue weighted by Crippen LogP contribution is -2.49. The van der Waals surface area contributed by atoms with Gasteiger partial charge in [0.05, 0.1) is 19.3 Å². The Morgan fingerprint density at radius 2 is 2.46 bits per heavy atom. The summed E-state index contributed by atoms with van der Waals surface area (Å²) in [5.74, 6) is 0. The highest BCUT2D eigenvalue weighted by molar-refractivity contribution is 6.29. The summed E-state index contributed by atoms with van der Waals surface area (Å²) in [5.41, 5.74) is 0. The molecule has 0 aromatic carbocycles. The third-order valence-electron chi connectivity index (χ3n) is 2.21. The number of halogens is 1. The van der Waals surface area contributed by atoms with E-state index in [1.165, 1.54) is 0 Å². The number of aliphatic hydroxyl groups is 1. The molecule has 0 aromatic heterocycles. The predicted molar refractivity (Wildman–Crippen MR) is 52.9 cm³/mol. The zero-order valence-electron chi connectivity index (χ0n) is 7.87. The van der Waals surface area contributed by atoms with Crippen molar-refractivity contribution in [1.82, 2.24) is 4.90 Å². The second kappa shape index (κ2) is 4.96. The summed E-state index contributed by atoms with van der Waals surface area (Å²) in [5, 5.41) is 9.55. The topological polar surface area (TPSA) is 32.7 Å². The van der Waals surface area contributed by atoms with Crippen LogP contribution in [0.2, 0.25) is 0 Å². The molecule has 0 aromatic rings. The summed E-state index contributed by atoms with van der Waals surface area (Å²) in [4.78, 5) is 2.17. The smallest absolute Gasteiger partial charge is 0.0933 e. The van der Waals surface area contributed by atoms with Gasteiger partial charge in [-0.05, 0) is 6.92 Å². The lowest BCUT2D eigenvalue weighted by atomic mass is 10.2. The van der Waals surface area contributed by atoms with Gasteiger partial charge in [0.2, 0.25) is 0 Å². The Morgan fingerprint density at radius 1 is 1.77 bits per heavy atom. The second-order valence-corrected chi connectivity index (χ2v) is 3.97. The average molecular weight is 206 g/mol. The van der Waals surface area contributed by atoms with Crippen LogP contribution < -0.4 is 0 Å². The van der Waals surface area contributed by atoms with Gasteiger partial charge in [0.1, 0.15) is 0 Å². The molecule has 0 amide bonds. The van der Waals surface area contributed by atoms with Gasteiger partial charge < -0.3 is 9.84 Å². The fourth-order valence-electron chi connectivity index (χ4n) is 1.43. The van der Waals surface area contributed by atoms with E-state index in [0.29, 0.717) is 24.2 Å². The van der Waals surface area contributed by atoms with Crippen LogP contribution in [0.1, 0.15) is 6.92 Å². The van der Waals surface area contributed by atoms with E-state index in [-0.39, 0.29) is 12.7 Å². The SMILES string of the molecule is C=C(Cl)CN1CC(CO)OCC1C. The highest BCUT2D eigenvalue weighted by atomic mass is 35.5. The molecule has 4 heteroatoms. The van der Waals surface area contributed by atoms with Crippen LogP contribution in [0.4, 0.5) is 0 Å². The first kappa shape index (κ1) is 11.0. The van der Waals surface area contributed by atoms with Gasteiger partial charge in [-0.3, -0.25) is 4.90 Å². The predicted octanol–water partition coefficient (Wildman–Crippen LogP) is 0.821. The maximum Gasteiger partial charge on any atom is 0.0933 e. The first-order chi connectivity index (χ1) is 6.13. The van der Waals surface area contributed by atoms with Crippen LogP contribution in [0.5, 0.6) is 0 Å². The number of rotatable bonds is 3. The molecule has 1 fully saturated rings. The maximum atomic E-state index is 8.92. The van der Waals surface area contributed by atoms with Crippen LogP contribution >= 0.6 is 11.6 Å². The van der Waals surface area contributed by atoms with Gasteiger partial charge in [-0.25, -0.2) is 0 Å². The minimum Gasteiger partial charge on any atom is -0.394 e. The van der Waals surface area contributed by atoms with E-state index in [4.69, 9.17) is 21.4 Å². The standard InChI is InChI=1S/C9H16ClNO2/c1-7(10)3-11-4-9(5-12)13-6-8(11)2/h8-9,12H,1,3-6H2,2H3. The van der Waals surface area contributed by atoms with Crippen LogP contribution in [0, 0.1) is 0 Å². The number of aliphatic hydroxyl groups excluding tert-OH is 1. The Hall–Kier alpha value is -0.0900. The van der Waals surface area contributed by atoms with Gasteiger partial charge in [0, 0.05) is 24.2 Å². The van der Waals surface area contributed by atoms with Crippen LogP contribution in [0.3, 0.4) is 0 Å². The van der Waals surface area contributed by atoms with Gasteiger partial charge in [-0.1, -0.05) is 18.2 Å². The molecule has 0 bridgehead atoms. The Morgan fingerprint density at radius 3 is 3.00 bits per heavy atom. The van der Waals surface area contributed by atoms with E-state index in [1.807, 2.05) is 0 Å². The zero-order valence-corrected chi connectivity index (χ0v) is 8.63. The summed E-state index contributed by atoms with van der Waals surface area (Å²) in [6, 6.07) is 0.346. The molecule has 1 rings (SSSR count). The van der Waals surface area contributed by atoms with Gasteiger partial charge in [-0.15, -0.1) is 0 Å². The van der Waals surface area contributed by atoms with Gasteiger partial charge >= 0.3 is 0 Å². The fourth-order valence-corrected chi connectivity index (χ4v) is 1.58. The highest BCUT2D eigenvalue weighted by Gasteiger charge is 2.25. The van der Waals surface area contributed by atoms with Crippen LogP contribution in [0.15, 0.2) is 11.6 Å². The van der Waals surface area contributed by atoms with E-state index >= 15 is 0 Å². The third-order valence-corrected chi connectivity index (χ3v) is 2.33. The van der Waals surface area contributed by atoms with Crippen molar-refractivity contribution in [2.45, 2.75) is 19.1 Å². The molecule has 0 radical (unpaired) electrons. The first-order valence-corrected chi connectivity index (χ1v) is 4.81. The van der Waals surface area contributed by atoms with Crippen molar-refractivity contribution in [2.24, 2.45) is 0 Å². The average Bonchev–Trinajstić information content (AvgIpc) is 2.08. The van der Waals surface area contributed by atoms with Crippen LogP contribution in [-0.2, 0) is 4.74 Å². The molecule has 3 nitrogen and oxygen atoms in total. The van der Waals surface area contributed by atoms with Crippen LogP contribution in [0.25, 0.3) is 0 Å². The summed E-state index contributed by atoms with van der Waals surface area (Å²) in [7, 11) is 0. The lowest BCUT2D eigenvalue weighted by Gasteiger charge is -2.37. The van der Waals surface area contributed by atoms with Crippen molar-refractivity contribution in [2.75, 3.05) is 26.3 Å². The third kappa shape index (κ3) is 3.27. The summed E-state index contributed by atoms with van der Waals surface area (Å²) in [6.07, 6.45) is -0.0767. The maximum absolute atomic E-state index is 8.92. The molecule has 1 saturated heterocycles. The fraction of sp³-hybridized carbons (Fsp3) is 0.778. The zero-order chi connectivity index (χ0) is 9.84. The summed E-state index contributed by atoms with van der Waals surface area (Å²) in [6.45, 7) is 7.84. The number of hydrogen-bond acceptors (Lipinski definition) is 3. The van der Waals surface area contributed by atoms with E-state index in [1.54, 1.807) is 0 Å². The summed E-state index contributed by atoms with van der Waals surface area (Å²) >= 11 is 5.73. The van der Waals surface area contributed by atoms with Crippen molar-refractivity contribution >= 4 is 11.6 Å². The Labute approximate surface area is 83.9 Å². The molecular weight excluding hydrogens is 190 g/mol. The lowest BCUT2D eigenvalue weighted by molar-refractivity contribution is -0.0744. The quantitative estimate of drug-likeness (QED) is 0.741. The molecule has 1 aliphatic rings. The Bertz CT molecular complexity index is 186. The molecule has 1 aliphatic heterocycles. The van der Waals surface area contributed by atoms with Crippen molar-refractivity contribution in [3.8, 4) is 0 Å². The molecule has 0 spiro atoms. The Balaban J connectivity index is 2.44. The number of ether oxygens (including phenoxy) is 1. The van der Waals surface area contributed by atoms with E-state index in [0.717, 1.165) is 6.54 Å². The first-order valence-electron chi connectivity index (χ1n) is 4.43. The second-order valence-electron chi connectivity index (χ2n) is 3.43. The van der Waals surface area contributed by atoms with Crippen LogP contribution in [-0.4, -0.2) is 48.5 Å². The van der Waals surface area contributed by atoms with Gasteiger partial charge in [-0.2, -0.15) is 0 Å². The van der Waals surface area contributed by atoms with Crippen molar-refractivity contribution < 1.29 is 9.84 Å². The Kier molecular flexibility index (Phi) is 4.19. The molecule has 0 aliphatic carbocycles.